The van der Waals surface area contributed by atoms with Crippen LogP contribution >= 0.6 is 23.2 Å². The number of alkyl halides is 1. The largest absolute Gasteiger partial charge is 0.475 e. The third-order valence-electron chi connectivity index (χ3n) is 3.50. The quantitative estimate of drug-likeness (QED) is 0.361. The average Bonchev–Trinajstić information content (AvgIpc) is 2.51. The van der Waals surface area contributed by atoms with Crippen molar-refractivity contribution in [3.63, 3.8) is 0 Å². The molecule has 0 saturated carbocycles. The number of benzene rings is 2. The van der Waals surface area contributed by atoms with E-state index in [1.807, 2.05) is 0 Å². The highest BCUT2D eigenvalue weighted by Gasteiger charge is 2.62. The Kier molecular flexibility index (Phi) is 3.54. The number of ketones is 1. The van der Waals surface area contributed by atoms with Crippen LogP contribution in [-0.4, -0.2) is 15.7 Å². The van der Waals surface area contributed by atoms with E-state index >= 15 is 0 Å². The van der Waals surface area contributed by atoms with Gasteiger partial charge in [-0.3, -0.25) is 14.9 Å². The van der Waals surface area contributed by atoms with Crippen LogP contribution in [0.4, 0.5) is 0 Å². The van der Waals surface area contributed by atoms with Gasteiger partial charge >= 0.3 is 5.00 Å². The summed E-state index contributed by atoms with van der Waals surface area (Å²) in [5.74, 6) is -0.568. The van der Waals surface area contributed by atoms with E-state index in [0.717, 1.165) is 0 Å². The molecule has 5 nitrogen and oxygen atoms in total. The first-order valence-electron chi connectivity index (χ1n) is 6.34. The predicted octanol–water partition coefficient (Wildman–Crippen LogP) is 3.87. The first kappa shape index (κ1) is 14.8. The molecule has 22 heavy (non-hydrogen) atoms. The minimum Gasteiger partial charge on any atom is -0.475 e. The molecule has 0 aliphatic carbocycles. The molecule has 3 rings (SSSR count). The average molecular weight is 338 g/mol. The number of carbonyl (C=O) groups is 1. The van der Waals surface area contributed by atoms with Crippen LogP contribution in [0.5, 0.6) is 5.75 Å². The molecule has 1 heterocycles. The van der Waals surface area contributed by atoms with Gasteiger partial charge in [-0.1, -0.05) is 41.9 Å². The normalized spacial score (nSPS) is 23.5. The van der Waals surface area contributed by atoms with Crippen molar-refractivity contribution in [1.29, 1.82) is 0 Å². The lowest BCUT2D eigenvalue weighted by Gasteiger charge is -2.32. The first-order chi connectivity index (χ1) is 10.5. The highest BCUT2D eigenvalue weighted by Crippen LogP contribution is 2.46. The van der Waals surface area contributed by atoms with Crippen LogP contribution in [0.2, 0.25) is 5.02 Å². The molecule has 7 heteroatoms. The number of nitrogens with zero attached hydrogens (tertiary/aromatic N) is 1. The summed E-state index contributed by atoms with van der Waals surface area (Å²) in [6.07, 6.45) is -1.32. The molecule has 0 N–H and O–H groups in total. The van der Waals surface area contributed by atoms with Gasteiger partial charge in [0.05, 0.1) is 10.5 Å². The lowest BCUT2D eigenvalue weighted by molar-refractivity contribution is -0.536. The van der Waals surface area contributed by atoms with Gasteiger partial charge in [0.2, 0.25) is 6.10 Å². The van der Waals surface area contributed by atoms with Crippen LogP contribution in [-0.2, 0) is 0 Å². The van der Waals surface area contributed by atoms with E-state index in [2.05, 4.69) is 0 Å². The molecule has 0 amide bonds. The maximum Gasteiger partial charge on any atom is 0.397 e. The minimum atomic E-state index is -2.46. The van der Waals surface area contributed by atoms with Gasteiger partial charge in [-0.15, -0.1) is 0 Å². The standard InChI is InChI=1S/C15H9Cl2NO4/c16-11-7-3-1-5-9(11)14-15(17,18(20)21)13(19)10-6-2-4-8-12(10)22-14/h1-8,14H/t14-,15+/m1/s1. The van der Waals surface area contributed by atoms with Crippen LogP contribution in [0, 0.1) is 10.1 Å². The molecule has 2 aromatic carbocycles. The highest BCUT2D eigenvalue weighted by molar-refractivity contribution is 6.38. The summed E-state index contributed by atoms with van der Waals surface area (Å²) in [5, 5.41) is 11.8. The fourth-order valence-electron chi connectivity index (χ4n) is 2.41. The molecule has 112 valence electrons. The van der Waals surface area contributed by atoms with Crippen LogP contribution in [0.15, 0.2) is 48.5 Å². The topological polar surface area (TPSA) is 69.4 Å². The zero-order valence-electron chi connectivity index (χ0n) is 11.0. The molecule has 0 radical (unpaired) electrons. The zero-order valence-corrected chi connectivity index (χ0v) is 12.5. The van der Waals surface area contributed by atoms with Crippen molar-refractivity contribution >= 4 is 29.0 Å². The highest BCUT2D eigenvalue weighted by atomic mass is 35.5. The number of halogens is 2. The second-order valence-electron chi connectivity index (χ2n) is 4.78. The molecule has 0 fully saturated rings. The molecular weight excluding hydrogens is 329 g/mol. The Morgan fingerprint density at radius 3 is 2.45 bits per heavy atom. The van der Waals surface area contributed by atoms with E-state index in [9.17, 15) is 14.9 Å². The van der Waals surface area contributed by atoms with Gasteiger partial charge in [-0.05, 0) is 29.8 Å². The summed E-state index contributed by atoms with van der Waals surface area (Å²) < 4.78 is 5.67. The third kappa shape index (κ3) is 2.05. The second kappa shape index (κ2) is 5.26. The van der Waals surface area contributed by atoms with Crippen molar-refractivity contribution in [2.45, 2.75) is 11.1 Å². The summed E-state index contributed by atoms with van der Waals surface area (Å²) in [6.45, 7) is 0. The fraction of sp³-hybridized carbons (Fsp3) is 0.133. The monoisotopic (exact) mass is 337 g/mol. The molecule has 0 aromatic heterocycles. The van der Waals surface area contributed by atoms with Crippen molar-refractivity contribution in [2.75, 3.05) is 0 Å². The number of carbonyl (C=O) groups excluding carboxylic acids is 1. The van der Waals surface area contributed by atoms with Crippen molar-refractivity contribution in [1.82, 2.24) is 0 Å². The molecule has 1 aliphatic rings. The predicted molar refractivity (Wildman–Crippen MR) is 81.2 cm³/mol. The summed E-state index contributed by atoms with van der Waals surface area (Å²) in [4.78, 5) is 20.8. The molecule has 2 atom stereocenters. The summed E-state index contributed by atoms with van der Waals surface area (Å²) in [5.41, 5.74) is 0.372. The Hall–Kier alpha value is -2.11. The van der Waals surface area contributed by atoms with Gasteiger partial charge in [-0.2, -0.15) is 0 Å². The van der Waals surface area contributed by atoms with E-state index in [1.165, 1.54) is 6.07 Å². The van der Waals surface area contributed by atoms with E-state index in [-0.39, 0.29) is 16.3 Å². The van der Waals surface area contributed by atoms with Gasteiger partial charge in [0.25, 0.3) is 5.78 Å². The fourth-order valence-corrected chi connectivity index (χ4v) is 2.90. The van der Waals surface area contributed by atoms with Crippen LogP contribution in [0.25, 0.3) is 0 Å². The Labute approximate surface area is 135 Å². The molecule has 2 aromatic rings. The van der Waals surface area contributed by atoms with E-state index in [1.54, 1.807) is 42.5 Å². The summed E-state index contributed by atoms with van der Waals surface area (Å²) in [7, 11) is 0. The summed E-state index contributed by atoms with van der Waals surface area (Å²) in [6, 6.07) is 12.7. The maximum atomic E-state index is 12.6. The number of ether oxygens (including phenoxy) is 1. The van der Waals surface area contributed by atoms with Gasteiger partial charge < -0.3 is 4.74 Å². The number of rotatable bonds is 2. The van der Waals surface area contributed by atoms with Gasteiger partial charge in [0, 0.05) is 10.6 Å². The molecule has 0 spiro atoms. The lowest BCUT2D eigenvalue weighted by atomic mass is 9.91. The Morgan fingerprint density at radius 2 is 1.77 bits per heavy atom. The van der Waals surface area contributed by atoms with E-state index in [0.29, 0.717) is 5.56 Å². The number of Topliss-reactive ketones (excluding diaryl/α,β-unsaturated/α-hetero) is 1. The molecule has 0 saturated heterocycles. The Morgan fingerprint density at radius 1 is 1.14 bits per heavy atom. The molecule has 0 bridgehead atoms. The second-order valence-corrected chi connectivity index (χ2v) is 5.76. The maximum absolute atomic E-state index is 12.6. The van der Waals surface area contributed by atoms with Crippen molar-refractivity contribution in [3.8, 4) is 5.75 Å². The number of fused-ring (bicyclic) bond motifs is 1. The van der Waals surface area contributed by atoms with Crippen LogP contribution < -0.4 is 4.74 Å². The number of hydrogen-bond donors (Lipinski definition) is 0. The zero-order chi connectivity index (χ0) is 15.9. The molecule has 1 aliphatic heterocycles. The molecular formula is C15H9Cl2NO4. The smallest absolute Gasteiger partial charge is 0.397 e. The third-order valence-corrected chi connectivity index (χ3v) is 4.35. The summed E-state index contributed by atoms with van der Waals surface area (Å²) >= 11 is 12.2. The van der Waals surface area contributed by atoms with Crippen LogP contribution in [0.1, 0.15) is 22.0 Å². The van der Waals surface area contributed by atoms with Crippen molar-refractivity contribution < 1.29 is 14.5 Å². The van der Waals surface area contributed by atoms with E-state index in [4.69, 9.17) is 27.9 Å². The lowest BCUT2D eigenvalue weighted by Crippen LogP contribution is -2.51. The number of hydrogen-bond acceptors (Lipinski definition) is 4. The molecule has 0 unspecified atom stereocenters. The van der Waals surface area contributed by atoms with Crippen molar-refractivity contribution in [2.24, 2.45) is 0 Å². The Bertz CT molecular complexity index is 780. The van der Waals surface area contributed by atoms with Gasteiger partial charge in [-0.25, -0.2) is 0 Å². The number of nitro groups is 1. The first-order valence-corrected chi connectivity index (χ1v) is 7.10. The Balaban J connectivity index is 2.23. The SMILES string of the molecule is O=C1c2ccccc2O[C@H](c2ccccc2Cl)[C@@]1(Cl)[N+](=O)[O-]. The van der Waals surface area contributed by atoms with Crippen molar-refractivity contribution in [3.05, 3.63) is 74.8 Å². The number of para-hydroxylation sites is 1. The van der Waals surface area contributed by atoms with Gasteiger partial charge in [0.1, 0.15) is 5.75 Å². The van der Waals surface area contributed by atoms with Crippen LogP contribution in [0.3, 0.4) is 0 Å². The van der Waals surface area contributed by atoms with E-state index < -0.39 is 21.8 Å². The van der Waals surface area contributed by atoms with Gasteiger partial charge in [0.15, 0.2) is 0 Å². The minimum absolute atomic E-state index is 0.0810.